The van der Waals surface area contributed by atoms with Crippen molar-refractivity contribution in [1.29, 1.82) is 0 Å². The zero-order valence-corrected chi connectivity index (χ0v) is 15.3. The third-order valence-electron chi connectivity index (χ3n) is 3.56. The maximum Gasteiger partial charge on any atom is 0.128 e. The average Bonchev–Trinajstić information content (AvgIpc) is 2.88. The van der Waals surface area contributed by atoms with Gasteiger partial charge in [-0.25, -0.2) is 0 Å². The average molecular weight is 369 g/mol. The number of methoxy groups -OCH3 is 1. The number of pyridine rings is 1. The van der Waals surface area contributed by atoms with E-state index in [0.717, 1.165) is 40.0 Å². The van der Waals surface area contributed by atoms with Crippen molar-refractivity contribution >= 4 is 27.3 Å². The molecule has 0 saturated carbocycles. The van der Waals surface area contributed by atoms with E-state index in [0.29, 0.717) is 0 Å². The Balaban J connectivity index is 2.32. The topological polar surface area (TPSA) is 34.2 Å². The molecule has 1 atom stereocenters. The van der Waals surface area contributed by atoms with Crippen LogP contribution >= 0.6 is 27.3 Å². The lowest BCUT2D eigenvalue weighted by atomic mass is 10.0. The first-order chi connectivity index (χ1) is 10.1. The number of nitrogens with zero attached hydrogens (tertiary/aromatic N) is 1. The van der Waals surface area contributed by atoms with E-state index in [1.807, 2.05) is 13.1 Å². The summed E-state index contributed by atoms with van der Waals surface area (Å²) >= 11 is 5.40. The van der Waals surface area contributed by atoms with Crippen molar-refractivity contribution in [2.45, 2.75) is 33.2 Å². The van der Waals surface area contributed by atoms with Crippen LogP contribution < -0.4 is 10.1 Å². The number of likely N-dealkylation sites (N-methyl/N-ethyl adjacent to an activating group) is 1. The molecular formula is C16H21BrN2OS. The number of rotatable bonds is 6. The zero-order chi connectivity index (χ0) is 15.4. The number of nitrogens with one attached hydrogen (secondary N) is 1. The van der Waals surface area contributed by atoms with E-state index >= 15 is 0 Å². The van der Waals surface area contributed by atoms with E-state index in [9.17, 15) is 0 Å². The second-order valence-electron chi connectivity index (χ2n) is 4.99. The number of thiophene rings is 1. The molecule has 0 radical (unpaired) electrons. The summed E-state index contributed by atoms with van der Waals surface area (Å²) in [7, 11) is 1.72. The molecule has 0 fully saturated rings. The Morgan fingerprint density at radius 3 is 2.76 bits per heavy atom. The lowest BCUT2D eigenvalue weighted by Crippen LogP contribution is -2.23. The molecule has 2 rings (SSSR count). The van der Waals surface area contributed by atoms with Crippen molar-refractivity contribution in [2.75, 3.05) is 13.7 Å². The van der Waals surface area contributed by atoms with Gasteiger partial charge in [0.1, 0.15) is 5.75 Å². The van der Waals surface area contributed by atoms with Gasteiger partial charge in [0.05, 0.1) is 7.11 Å². The molecule has 2 heterocycles. The van der Waals surface area contributed by atoms with Crippen molar-refractivity contribution in [3.05, 3.63) is 43.8 Å². The molecule has 0 aromatic carbocycles. The minimum absolute atomic E-state index is 0.267. The van der Waals surface area contributed by atoms with E-state index in [-0.39, 0.29) is 6.04 Å². The number of hydrogen-bond acceptors (Lipinski definition) is 4. The molecule has 114 valence electrons. The molecule has 0 spiro atoms. The van der Waals surface area contributed by atoms with Crippen LogP contribution in [0.5, 0.6) is 5.75 Å². The van der Waals surface area contributed by atoms with Gasteiger partial charge in [0.2, 0.25) is 0 Å². The molecule has 0 saturated heterocycles. The van der Waals surface area contributed by atoms with Gasteiger partial charge in [-0.15, -0.1) is 11.3 Å². The summed E-state index contributed by atoms with van der Waals surface area (Å²) in [5, 5.41) is 5.66. The van der Waals surface area contributed by atoms with Gasteiger partial charge in [0.25, 0.3) is 0 Å². The molecule has 5 heteroatoms. The van der Waals surface area contributed by atoms with Gasteiger partial charge in [-0.05, 0) is 47.8 Å². The predicted molar refractivity (Wildman–Crippen MR) is 92.4 cm³/mol. The summed E-state index contributed by atoms with van der Waals surface area (Å²) < 4.78 is 6.67. The van der Waals surface area contributed by atoms with Crippen molar-refractivity contribution in [3.8, 4) is 5.75 Å². The molecule has 1 unspecified atom stereocenters. The molecule has 0 aliphatic carbocycles. The summed E-state index contributed by atoms with van der Waals surface area (Å²) in [6.07, 6.45) is 2.75. The Morgan fingerprint density at radius 2 is 2.19 bits per heavy atom. The molecule has 1 N–H and O–H groups in total. The first kappa shape index (κ1) is 16.5. The maximum atomic E-state index is 5.51. The van der Waals surface area contributed by atoms with Gasteiger partial charge < -0.3 is 10.1 Å². The standard InChI is InChI=1S/C16H21BrN2OS/c1-5-18-14(16-12(17)6-7-21-16)8-13-11(3)15(20-4)10(2)9-19-13/h6-7,9,14,18H,5,8H2,1-4H3. The van der Waals surface area contributed by atoms with Crippen molar-refractivity contribution < 1.29 is 4.74 Å². The largest absolute Gasteiger partial charge is 0.496 e. The van der Waals surface area contributed by atoms with Gasteiger partial charge in [0, 0.05) is 44.8 Å². The lowest BCUT2D eigenvalue weighted by molar-refractivity contribution is 0.406. The maximum absolute atomic E-state index is 5.51. The highest BCUT2D eigenvalue weighted by Crippen LogP contribution is 2.33. The van der Waals surface area contributed by atoms with Gasteiger partial charge in [0.15, 0.2) is 0 Å². The summed E-state index contributed by atoms with van der Waals surface area (Å²) in [4.78, 5) is 5.93. The Kier molecular flexibility index (Phi) is 5.79. The Morgan fingerprint density at radius 1 is 1.43 bits per heavy atom. The second-order valence-corrected chi connectivity index (χ2v) is 6.80. The van der Waals surface area contributed by atoms with Crippen LogP contribution in [0.1, 0.15) is 34.7 Å². The minimum Gasteiger partial charge on any atom is -0.496 e. The molecule has 0 amide bonds. The predicted octanol–water partition coefficient (Wildman–Crippen LogP) is 4.42. The molecule has 2 aromatic heterocycles. The summed E-state index contributed by atoms with van der Waals surface area (Å²) in [5.41, 5.74) is 3.30. The molecule has 0 aliphatic rings. The molecule has 0 bridgehead atoms. The van der Waals surface area contributed by atoms with Crippen molar-refractivity contribution in [3.63, 3.8) is 0 Å². The third kappa shape index (κ3) is 3.65. The number of halogens is 1. The van der Waals surface area contributed by atoms with Gasteiger partial charge in [-0.2, -0.15) is 0 Å². The fraction of sp³-hybridized carbons (Fsp3) is 0.438. The van der Waals surface area contributed by atoms with Crippen LogP contribution in [0.15, 0.2) is 22.1 Å². The molecule has 0 aliphatic heterocycles. The van der Waals surface area contributed by atoms with Crippen molar-refractivity contribution in [2.24, 2.45) is 0 Å². The lowest BCUT2D eigenvalue weighted by Gasteiger charge is -2.19. The molecule has 3 nitrogen and oxygen atoms in total. The fourth-order valence-electron chi connectivity index (χ4n) is 2.53. The number of ether oxygens (including phenoxy) is 1. The van der Waals surface area contributed by atoms with Crippen LogP contribution in [0.3, 0.4) is 0 Å². The first-order valence-electron chi connectivity index (χ1n) is 7.03. The fourth-order valence-corrected chi connectivity index (χ4v) is 4.25. The number of hydrogen-bond donors (Lipinski definition) is 1. The first-order valence-corrected chi connectivity index (χ1v) is 8.71. The van der Waals surface area contributed by atoms with Gasteiger partial charge >= 0.3 is 0 Å². The second kappa shape index (κ2) is 7.38. The van der Waals surface area contributed by atoms with Gasteiger partial charge in [-0.1, -0.05) is 6.92 Å². The van der Waals surface area contributed by atoms with E-state index < -0.39 is 0 Å². The van der Waals surface area contributed by atoms with E-state index in [4.69, 9.17) is 4.74 Å². The summed E-state index contributed by atoms with van der Waals surface area (Å²) in [5.74, 6) is 0.945. The number of aryl methyl sites for hydroxylation is 1. The van der Waals surface area contributed by atoms with Crippen LogP contribution in [-0.2, 0) is 6.42 Å². The Labute approximate surface area is 138 Å². The highest BCUT2D eigenvalue weighted by molar-refractivity contribution is 9.10. The summed E-state index contributed by atoms with van der Waals surface area (Å²) in [6.45, 7) is 7.17. The van der Waals surface area contributed by atoms with E-state index in [1.165, 1.54) is 4.88 Å². The number of aromatic nitrogens is 1. The monoisotopic (exact) mass is 368 g/mol. The van der Waals surface area contributed by atoms with Crippen LogP contribution in [-0.4, -0.2) is 18.6 Å². The Bertz CT molecular complexity index is 612. The van der Waals surface area contributed by atoms with Crippen LogP contribution in [0, 0.1) is 13.8 Å². The van der Waals surface area contributed by atoms with Crippen molar-refractivity contribution in [1.82, 2.24) is 10.3 Å². The molecular weight excluding hydrogens is 348 g/mol. The third-order valence-corrected chi connectivity index (χ3v) is 5.54. The summed E-state index contributed by atoms with van der Waals surface area (Å²) in [6, 6.07) is 2.36. The molecule has 2 aromatic rings. The quantitative estimate of drug-likeness (QED) is 0.818. The van der Waals surface area contributed by atoms with E-state index in [2.05, 4.69) is 51.5 Å². The van der Waals surface area contributed by atoms with Crippen LogP contribution in [0.2, 0.25) is 0 Å². The normalized spacial score (nSPS) is 12.4. The molecule has 21 heavy (non-hydrogen) atoms. The van der Waals surface area contributed by atoms with Gasteiger partial charge in [-0.3, -0.25) is 4.98 Å². The SMILES string of the molecule is CCNC(Cc1ncc(C)c(OC)c1C)c1sccc1Br. The van der Waals surface area contributed by atoms with Crippen LogP contribution in [0.25, 0.3) is 0 Å². The smallest absolute Gasteiger partial charge is 0.128 e. The minimum atomic E-state index is 0.267. The zero-order valence-electron chi connectivity index (χ0n) is 12.9. The van der Waals surface area contributed by atoms with Crippen LogP contribution in [0.4, 0.5) is 0 Å². The highest BCUT2D eigenvalue weighted by atomic mass is 79.9. The van der Waals surface area contributed by atoms with E-state index in [1.54, 1.807) is 18.4 Å². The Hall–Kier alpha value is -0.910. The highest BCUT2D eigenvalue weighted by Gasteiger charge is 2.19.